The van der Waals surface area contributed by atoms with Crippen molar-refractivity contribution in [2.75, 3.05) is 0 Å². The first-order valence-corrected chi connectivity index (χ1v) is 19.9. The molecule has 0 aromatic carbocycles. The lowest BCUT2D eigenvalue weighted by atomic mass is 10.0. The predicted molar refractivity (Wildman–Crippen MR) is 194 cm³/mol. The van der Waals surface area contributed by atoms with Crippen molar-refractivity contribution >= 4 is 11.9 Å². The molecular weight excluding hydrogens is 556 g/mol. The van der Waals surface area contributed by atoms with Gasteiger partial charge < -0.3 is 9.47 Å². The van der Waals surface area contributed by atoms with Crippen molar-refractivity contribution in [2.24, 2.45) is 0 Å². The smallest absolute Gasteiger partial charge is 0.310 e. The molecule has 0 spiro atoms. The summed E-state index contributed by atoms with van der Waals surface area (Å²) < 4.78 is 10.5. The van der Waals surface area contributed by atoms with E-state index in [-0.39, 0.29) is 11.9 Å². The second kappa shape index (κ2) is 38.6. The third-order valence-electron chi connectivity index (χ3n) is 8.80. The van der Waals surface area contributed by atoms with Crippen LogP contribution in [0.4, 0.5) is 0 Å². The highest BCUT2D eigenvalue weighted by Gasteiger charge is 2.03. The monoisotopic (exact) mass is 633 g/mol. The SMILES string of the molecule is CCCCCCCCCCCCCCC=COC(=O)CCCCCCCC(=O)OC=CCCCCCCCCCCCCCC. The Kier molecular flexibility index (Phi) is 37.2. The summed E-state index contributed by atoms with van der Waals surface area (Å²) in [6.07, 6.45) is 47.3. The highest BCUT2D eigenvalue weighted by atomic mass is 16.5. The molecule has 45 heavy (non-hydrogen) atoms. The maximum atomic E-state index is 11.9. The van der Waals surface area contributed by atoms with Crippen molar-refractivity contribution in [2.45, 2.75) is 226 Å². The van der Waals surface area contributed by atoms with E-state index in [1.165, 1.54) is 154 Å². The largest absolute Gasteiger partial charge is 0.435 e. The van der Waals surface area contributed by atoms with Crippen molar-refractivity contribution in [3.63, 3.8) is 0 Å². The number of hydrogen-bond donors (Lipinski definition) is 0. The van der Waals surface area contributed by atoms with Gasteiger partial charge in [-0.1, -0.05) is 174 Å². The van der Waals surface area contributed by atoms with Gasteiger partial charge >= 0.3 is 11.9 Å². The van der Waals surface area contributed by atoms with Gasteiger partial charge in [0.1, 0.15) is 0 Å². The van der Waals surface area contributed by atoms with Gasteiger partial charge in [-0.25, -0.2) is 0 Å². The van der Waals surface area contributed by atoms with Crippen molar-refractivity contribution in [1.29, 1.82) is 0 Å². The molecule has 0 aliphatic rings. The average molecular weight is 633 g/mol. The first-order valence-electron chi connectivity index (χ1n) is 19.9. The molecule has 0 atom stereocenters. The van der Waals surface area contributed by atoms with E-state index in [9.17, 15) is 9.59 Å². The Morgan fingerprint density at radius 2 is 0.600 bits per heavy atom. The van der Waals surface area contributed by atoms with E-state index in [1.807, 2.05) is 12.2 Å². The number of hydrogen-bond acceptors (Lipinski definition) is 4. The minimum absolute atomic E-state index is 0.139. The van der Waals surface area contributed by atoms with E-state index < -0.39 is 0 Å². The van der Waals surface area contributed by atoms with Gasteiger partial charge in [-0.05, 0) is 50.7 Å². The van der Waals surface area contributed by atoms with Gasteiger partial charge in [0.25, 0.3) is 0 Å². The lowest BCUT2D eigenvalue weighted by Gasteiger charge is -2.03. The van der Waals surface area contributed by atoms with Crippen molar-refractivity contribution in [3.8, 4) is 0 Å². The lowest BCUT2D eigenvalue weighted by molar-refractivity contribution is -0.139. The van der Waals surface area contributed by atoms with E-state index in [0.29, 0.717) is 12.8 Å². The second-order valence-electron chi connectivity index (χ2n) is 13.3. The Morgan fingerprint density at radius 3 is 0.889 bits per heavy atom. The molecule has 0 fully saturated rings. The van der Waals surface area contributed by atoms with Crippen LogP contribution in [0.1, 0.15) is 226 Å². The van der Waals surface area contributed by atoms with Crippen LogP contribution < -0.4 is 0 Å². The molecule has 264 valence electrons. The third kappa shape index (κ3) is 38.5. The molecule has 0 aromatic heterocycles. The number of allylic oxidation sites excluding steroid dienone is 2. The van der Waals surface area contributed by atoms with Crippen LogP contribution in [0.2, 0.25) is 0 Å². The Balaban J connectivity index is 3.35. The maximum Gasteiger partial charge on any atom is 0.310 e. The van der Waals surface area contributed by atoms with Crippen molar-refractivity contribution in [3.05, 3.63) is 24.7 Å². The third-order valence-corrected chi connectivity index (χ3v) is 8.80. The fraction of sp³-hybridized carbons (Fsp3) is 0.854. The van der Waals surface area contributed by atoms with E-state index in [0.717, 1.165) is 44.9 Å². The first-order chi connectivity index (χ1) is 22.2. The van der Waals surface area contributed by atoms with E-state index in [2.05, 4.69) is 13.8 Å². The van der Waals surface area contributed by atoms with Gasteiger partial charge in [0.15, 0.2) is 0 Å². The molecule has 0 heterocycles. The van der Waals surface area contributed by atoms with Gasteiger partial charge in [-0.3, -0.25) is 9.59 Å². The van der Waals surface area contributed by atoms with E-state index >= 15 is 0 Å². The Labute approximate surface area is 281 Å². The molecule has 0 bridgehead atoms. The number of ether oxygens (including phenoxy) is 2. The number of unbranched alkanes of at least 4 members (excludes halogenated alkanes) is 28. The summed E-state index contributed by atoms with van der Waals surface area (Å²) in [4.78, 5) is 23.8. The number of rotatable bonds is 36. The summed E-state index contributed by atoms with van der Waals surface area (Å²) >= 11 is 0. The van der Waals surface area contributed by atoms with Gasteiger partial charge in [0, 0.05) is 12.8 Å². The van der Waals surface area contributed by atoms with Crippen LogP contribution in [0.5, 0.6) is 0 Å². The molecule has 0 radical (unpaired) electrons. The van der Waals surface area contributed by atoms with E-state index in [4.69, 9.17) is 9.47 Å². The summed E-state index contributed by atoms with van der Waals surface area (Å²) in [7, 11) is 0. The first kappa shape index (κ1) is 43.4. The topological polar surface area (TPSA) is 52.6 Å². The van der Waals surface area contributed by atoms with Crippen LogP contribution in [0.3, 0.4) is 0 Å². The Morgan fingerprint density at radius 1 is 0.356 bits per heavy atom. The summed E-state index contributed by atoms with van der Waals surface area (Å²) in [6, 6.07) is 0. The number of esters is 2. The molecule has 0 aliphatic heterocycles. The molecule has 0 aliphatic carbocycles. The summed E-state index contributed by atoms with van der Waals surface area (Å²) in [5, 5.41) is 0. The van der Waals surface area contributed by atoms with Crippen molar-refractivity contribution in [1.82, 2.24) is 0 Å². The molecule has 4 nitrogen and oxygen atoms in total. The average Bonchev–Trinajstić information content (AvgIpc) is 3.04. The van der Waals surface area contributed by atoms with E-state index in [1.54, 1.807) is 12.5 Å². The van der Waals surface area contributed by atoms with Gasteiger partial charge in [-0.15, -0.1) is 0 Å². The molecule has 0 amide bonds. The molecule has 0 aromatic rings. The van der Waals surface area contributed by atoms with Crippen LogP contribution >= 0.6 is 0 Å². The molecule has 4 heteroatoms. The molecule has 0 saturated carbocycles. The second-order valence-corrected chi connectivity index (χ2v) is 13.3. The zero-order valence-corrected chi connectivity index (χ0v) is 30.3. The molecule has 0 saturated heterocycles. The van der Waals surface area contributed by atoms with Gasteiger partial charge in [0.2, 0.25) is 0 Å². The highest BCUT2D eigenvalue weighted by molar-refractivity contribution is 5.70. The summed E-state index contributed by atoms with van der Waals surface area (Å²) in [5.41, 5.74) is 0. The fourth-order valence-electron chi connectivity index (χ4n) is 5.78. The minimum atomic E-state index is -0.139. The lowest BCUT2D eigenvalue weighted by Crippen LogP contribution is -2.00. The fourth-order valence-corrected chi connectivity index (χ4v) is 5.78. The number of carbonyl (C=O) groups is 2. The van der Waals surface area contributed by atoms with Gasteiger partial charge in [-0.2, -0.15) is 0 Å². The molecule has 0 unspecified atom stereocenters. The zero-order valence-electron chi connectivity index (χ0n) is 30.3. The molecule has 0 N–H and O–H groups in total. The van der Waals surface area contributed by atoms with Crippen molar-refractivity contribution < 1.29 is 19.1 Å². The molecule has 0 rings (SSSR count). The van der Waals surface area contributed by atoms with Crippen LogP contribution in [0, 0.1) is 0 Å². The van der Waals surface area contributed by atoms with Gasteiger partial charge in [0.05, 0.1) is 12.5 Å². The Bertz CT molecular complexity index is 612. The Hall–Kier alpha value is -1.58. The normalized spacial score (nSPS) is 11.6. The predicted octanol–water partition coefficient (Wildman–Crippen LogP) is 14.0. The standard InChI is InChI=1S/C41H76O4/c1-3-5-7-9-11-13-15-17-19-21-23-25-30-34-38-44-40(42)36-32-28-27-29-33-37-41(43)45-39-35-31-26-24-22-20-18-16-14-12-10-8-6-4-2/h34-35,38-39H,3-33,36-37H2,1-2H3. The minimum Gasteiger partial charge on any atom is -0.435 e. The quantitative estimate of drug-likeness (QED) is 0.0392. The van der Waals surface area contributed by atoms with Crippen LogP contribution in [0.15, 0.2) is 24.7 Å². The zero-order chi connectivity index (χ0) is 32.7. The van der Waals surface area contributed by atoms with Crippen LogP contribution in [0.25, 0.3) is 0 Å². The summed E-state index contributed by atoms with van der Waals surface area (Å²) in [5.74, 6) is -0.278. The highest BCUT2D eigenvalue weighted by Crippen LogP contribution is 2.14. The van der Waals surface area contributed by atoms with Crippen LogP contribution in [-0.2, 0) is 19.1 Å². The summed E-state index contributed by atoms with van der Waals surface area (Å²) in [6.45, 7) is 4.55. The maximum absolute atomic E-state index is 11.9. The van der Waals surface area contributed by atoms with Crippen LogP contribution in [-0.4, -0.2) is 11.9 Å². The number of carbonyl (C=O) groups excluding carboxylic acids is 2. The molecular formula is C41H76O4.